The maximum atomic E-state index is 12.4. The lowest BCUT2D eigenvalue weighted by molar-refractivity contribution is -0.150. The van der Waals surface area contributed by atoms with E-state index in [0.29, 0.717) is 0 Å². The Labute approximate surface area is 220 Å². The van der Waals surface area contributed by atoms with Gasteiger partial charge in [0.05, 0.1) is 30.1 Å². The third kappa shape index (κ3) is 5.09. The highest BCUT2D eigenvalue weighted by Crippen LogP contribution is 2.49. The average Bonchev–Trinajstić information content (AvgIpc) is 2.73. The van der Waals surface area contributed by atoms with E-state index in [1.54, 1.807) is 0 Å². The van der Waals surface area contributed by atoms with E-state index in [-0.39, 0.29) is 50.2 Å². The molecule has 0 N–H and O–H groups in total. The summed E-state index contributed by atoms with van der Waals surface area (Å²) in [6, 6.07) is 0. The van der Waals surface area contributed by atoms with Gasteiger partial charge in [-0.1, -0.05) is 116 Å². The van der Waals surface area contributed by atoms with Crippen LogP contribution in [0.2, 0.25) is 50.2 Å². The summed E-state index contributed by atoms with van der Waals surface area (Å²) in [6.07, 6.45) is 0. The SMILES string of the molecule is CC(C(=O)Oc1c(Cl)c(Cl)c(Cl)c(Cl)c1Cl)C(=O)Oc1c(Cl)c(Cl)c(Cl)c(Cl)c1Cl. The van der Waals surface area contributed by atoms with Gasteiger partial charge in [0.2, 0.25) is 0 Å². The minimum absolute atomic E-state index is 0.138. The van der Waals surface area contributed by atoms with E-state index in [0.717, 1.165) is 0 Å². The normalized spacial score (nSPS) is 11.1. The molecule has 4 nitrogen and oxygen atoms in total. The van der Waals surface area contributed by atoms with Gasteiger partial charge in [-0.05, 0) is 6.92 Å². The molecule has 0 aliphatic heterocycles. The summed E-state index contributed by atoms with van der Waals surface area (Å²) < 4.78 is 10.1. The third-order valence-electron chi connectivity index (χ3n) is 3.45. The number of hydrogen-bond donors (Lipinski definition) is 0. The van der Waals surface area contributed by atoms with Gasteiger partial charge in [-0.2, -0.15) is 0 Å². The van der Waals surface area contributed by atoms with Crippen molar-refractivity contribution in [1.29, 1.82) is 0 Å². The maximum absolute atomic E-state index is 12.4. The number of benzene rings is 2. The number of hydrogen-bond acceptors (Lipinski definition) is 4. The van der Waals surface area contributed by atoms with Crippen molar-refractivity contribution < 1.29 is 19.1 Å². The van der Waals surface area contributed by atoms with Crippen molar-refractivity contribution in [2.24, 2.45) is 5.92 Å². The van der Waals surface area contributed by atoms with E-state index in [2.05, 4.69) is 0 Å². The van der Waals surface area contributed by atoms with E-state index >= 15 is 0 Å². The van der Waals surface area contributed by atoms with Gasteiger partial charge in [-0.3, -0.25) is 9.59 Å². The van der Waals surface area contributed by atoms with Gasteiger partial charge in [0.15, 0.2) is 17.4 Å². The molecule has 162 valence electrons. The van der Waals surface area contributed by atoms with E-state index in [9.17, 15) is 9.59 Å². The molecule has 0 unspecified atom stereocenters. The Bertz CT molecular complexity index is 927. The fraction of sp³-hybridized carbons (Fsp3) is 0.125. The Hall–Kier alpha value is 0.280. The molecule has 0 fully saturated rings. The first-order valence-electron chi connectivity index (χ1n) is 7.27. The lowest BCUT2D eigenvalue weighted by Crippen LogP contribution is -2.29. The number of esters is 2. The fourth-order valence-corrected chi connectivity index (χ4v) is 4.22. The summed E-state index contributed by atoms with van der Waals surface area (Å²) in [5, 5.41) is -2.21. The lowest BCUT2D eigenvalue weighted by atomic mass is 10.2. The van der Waals surface area contributed by atoms with Crippen molar-refractivity contribution >= 4 is 128 Å². The number of ether oxygens (including phenoxy) is 2. The molecule has 0 radical (unpaired) electrons. The zero-order chi connectivity index (χ0) is 23.1. The van der Waals surface area contributed by atoms with E-state index in [1.165, 1.54) is 6.92 Å². The molecular formula is C16H4Cl10O4. The zero-order valence-corrected chi connectivity index (χ0v) is 21.5. The van der Waals surface area contributed by atoms with E-state index in [1.807, 2.05) is 0 Å². The third-order valence-corrected chi connectivity index (χ3v) is 7.94. The summed E-state index contributed by atoms with van der Waals surface area (Å²) in [6.45, 7) is 1.17. The Morgan fingerprint density at radius 2 is 0.700 bits per heavy atom. The lowest BCUT2D eigenvalue weighted by Gasteiger charge is -2.16. The molecule has 30 heavy (non-hydrogen) atoms. The fourth-order valence-electron chi connectivity index (χ4n) is 1.82. The minimum Gasteiger partial charge on any atom is -0.423 e. The Kier molecular flexibility index (Phi) is 9.26. The van der Waals surface area contributed by atoms with Crippen LogP contribution in [0.5, 0.6) is 11.5 Å². The summed E-state index contributed by atoms with van der Waals surface area (Å²) in [5.41, 5.74) is 0. The quantitative estimate of drug-likeness (QED) is 0.113. The van der Waals surface area contributed by atoms with Crippen LogP contribution in [-0.4, -0.2) is 11.9 Å². The largest absolute Gasteiger partial charge is 0.423 e. The van der Waals surface area contributed by atoms with Crippen LogP contribution in [0.3, 0.4) is 0 Å². The predicted octanol–water partition coefficient (Wildman–Crippen LogP) is 9.37. The second-order valence-corrected chi connectivity index (χ2v) is 9.14. The Morgan fingerprint density at radius 1 is 0.500 bits per heavy atom. The van der Waals surface area contributed by atoms with E-state index < -0.39 is 29.4 Å². The highest BCUT2D eigenvalue weighted by atomic mass is 35.5. The van der Waals surface area contributed by atoms with Gasteiger partial charge >= 0.3 is 11.9 Å². The molecule has 0 amide bonds. The zero-order valence-electron chi connectivity index (χ0n) is 14.0. The van der Waals surface area contributed by atoms with Gasteiger partial charge in [0.1, 0.15) is 20.1 Å². The van der Waals surface area contributed by atoms with Gasteiger partial charge in [-0.25, -0.2) is 0 Å². The second kappa shape index (κ2) is 10.5. The van der Waals surface area contributed by atoms with Crippen LogP contribution in [0.15, 0.2) is 0 Å². The summed E-state index contributed by atoms with van der Waals surface area (Å²) in [5.74, 6) is -4.52. The molecule has 0 saturated heterocycles. The number of halogens is 10. The van der Waals surface area contributed by atoms with Crippen LogP contribution in [0.25, 0.3) is 0 Å². The second-order valence-electron chi connectivity index (χ2n) is 5.36. The Balaban J connectivity index is 2.30. The number of carbonyl (C=O) groups excluding carboxylic acids is 2. The molecule has 2 rings (SSSR count). The molecule has 0 aliphatic rings. The first-order chi connectivity index (χ1) is 13.8. The van der Waals surface area contributed by atoms with Crippen molar-refractivity contribution in [3.05, 3.63) is 50.2 Å². The van der Waals surface area contributed by atoms with Crippen molar-refractivity contribution in [1.82, 2.24) is 0 Å². The highest BCUT2D eigenvalue weighted by Gasteiger charge is 2.31. The minimum atomic E-state index is -1.51. The van der Waals surface area contributed by atoms with E-state index in [4.69, 9.17) is 125 Å². The molecule has 14 heteroatoms. The van der Waals surface area contributed by atoms with Crippen LogP contribution in [-0.2, 0) is 9.59 Å². The molecule has 2 aromatic carbocycles. The number of rotatable bonds is 4. The van der Waals surface area contributed by atoms with Crippen LogP contribution >= 0.6 is 116 Å². The molecule has 0 aliphatic carbocycles. The first kappa shape index (κ1) is 26.5. The van der Waals surface area contributed by atoms with Gasteiger partial charge in [0, 0.05) is 0 Å². The molecule has 0 bridgehead atoms. The van der Waals surface area contributed by atoms with Crippen LogP contribution in [0.4, 0.5) is 0 Å². The number of carbonyl (C=O) groups is 2. The van der Waals surface area contributed by atoms with Crippen molar-refractivity contribution in [2.75, 3.05) is 0 Å². The van der Waals surface area contributed by atoms with Crippen LogP contribution in [0.1, 0.15) is 6.92 Å². The van der Waals surface area contributed by atoms with Crippen LogP contribution < -0.4 is 9.47 Å². The maximum Gasteiger partial charge on any atom is 0.325 e. The van der Waals surface area contributed by atoms with Crippen molar-refractivity contribution in [3.63, 3.8) is 0 Å². The highest BCUT2D eigenvalue weighted by molar-refractivity contribution is 6.56. The molecule has 0 aromatic heterocycles. The van der Waals surface area contributed by atoms with Gasteiger partial charge in [-0.15, -0.1) is 0 Å². The smallest absolute Gasteiger partial charge is 0.325 e. The van der Waals surface area contributed by atoms with Crippen molar-refractivity contribution in [3.8, 4) is 11.5 Å². The standard InChI is InChI=1S/C16H4Cl10O4/c1-2(15(27)29-13-9(23)5(19)3(17)6(20)10(13)24)16(28)30-14-11(25)7(21)4(18)8(22)12(14)26/h2H,1H3. The molecular weight excluding hydrogens is 611 g/mol. The summed E-state index contributed by atoms with van der Waals surface area (Å²) >= 11 is 59.4. The monoisotopic (exact) mass is 610 g/mol. The summed E-state index contributed by atoms with van der Waals surface area (Å²) in [7, 11) is 0. The first-order valence-corrected chi connectivity index (χ1v) is 11.0. The predicted molar refractivity (Wildman–Crippen MR) is 123 cm³/mol. The molecule has 0 heterocycles. The van der Waals surface area contributed by atoms with Gasteiger partial charge < -0.3 is 9.47 Å². The summed E-state index contributed by atoms with van der Waals surface area (Å²) in [4.78, 5) is 24.8. The van der Waals surface area contributed by atoms with Gasteiger partial charge in [0.25, 0.3) is 0 Å². The molecule has 0 atom stereocenters. The molecule has 0 spiro atoms. The average molecular weight is 615 g/mol. The topological polar surface area (TPSA) is 52.6 Å². The molecule has 0 saturated carbocycles. The Morgan fingerprint density at radius 3 is 0.933 bits per heavy atom. The van der Waals surface area contributed by atoms with Crippen molar-refractivity contribution in [2.45, 2.75) is 6.92 Å². The van der Waals surface area contributed by atoms with Crippen LogP contribution in [0, 0.1) is 5.92 Å². The molecule has 2 aromatic rings.